The number of nitrogens with zero attached hydrogens (tertiary/aromatic N) is 2. The second-order valence-electron chi connectivity index (χ2n) is 2.94. The molecule has 2 nitrogen and oxygen atoms in total. The highest BCUT2D eigenvalue weighted by Crippen LogP contribution is 2.01. The molecule has 0 amide bonds. The molecule has 0 aromatic carbocycles. The summed E-state index contributed by atoms with van der Waals surface area (Å²) >= 11 is 5.86. The standard InChI is InChI=1S/C9H16ClN2/c1-11(2)7-5-9(10)6-8-12(3)4/h5-8H,1-4H3/q+1. The fourth-order valence-corrected chi connectivity index (χ4v) is 0.609. The highest BCUT2D eigenvalue weighted by Gasteiger charge is 1.85. The predicted octanol–water partition coefficient (Wildman–Crippen LogP) is 1.53. The van der Waals surface area contributed by atoms with E-state index in [0.29, 0.717) is 0 Å². The average Bonchev–Trinajstić information content (AvgIpc) is 1.96. The third-order valence-corrected chi connectivity index (χ3v) is 1.32. The van der Waals surface area contributed by atoms with Gasteiger partial charge in [-0.15, -0.1) is 0 Å². The summed E-state index contributed by atoms with van der Waals surface area (Å²) in [6.07, 6.45) is 7.51. The summed E-state index contributed by atoms with van der Waals surface area (Å²) in [4.78, 5) is 1.94. The summed E-state index contributed by atoms with van der Waals surface area (Å²) in [5.41, 5.74) is 0. The maximum absolute atomic E-state index is 5.86. The van der Waals surface area contributed by atoms with E-state index in [0.717, 1.165) is 5.03 Å². The molecular formula is C9H16ClN2+. The Bertz CT molecular complexity index is 211. The van der Waals surface area contributed by atoms with Crippen LogP contribution in [-0.2, 0) is 0 Å². The fourth-order valence-electron chi connectivity index (χ4n) is 0.496. The summed E-state index contributed by atoms with van der Waals surface area (Å²) in [7, 11) is 7.82. The Kier molecular flexibility index (Phi) is 5.47. The largest absolute Gasteiger partial charge is 0.383 e. The lowest BCUT2D eigenvalue weighted by Crippen LogP contribution is -2.00. The van der Waals surface area contributed by atoms with Gasteiger partial charge in [0.15, 0.2) is 6.21 Å². The van der Waals surface area contributed by atoms with E-state index in [1.54, 1.807) is 0 Å². The molecule has 68 valence electrons. The summed E-state index contributed by atoms with van der Waals surface area (Å²) in [6.45, 7) is 0. The number of hydrogen-bond acceptors (Lipinski definition) is 1. The Morgan fingerprint density at radius 2 is 1.92 bits per heavy atom. The molecule has 0 aliphatic rings. The van der Waals surface area contributed by atoms with E-state index in [2.05, 4.69) is 0 Å². The molecule has 3 heteroatoms. The maximum atomic E-state index is 5.86. The SMILES string of the molecule is CN(C)/C=C/C(Cl)=C/C=[N+](C)C. The van der Waals surface area contributed by atoms with E-state index in [-0.39, 0.29) is 0 Å². The first kappa shape index (κ1) is 11.2. The molecular weight excluding hydrogens is 172 g/mol. The first-order chi connectivity index (χ1) is 5.52. The Hall–Kier alpha value is -0.760. The molecule has 0 rings (SSSR count). The van der Waals surface area contributed by atoms with Crippen LogP contribution < -0.4 is 0 Å². The third kappa shape index (κ3) is 7.35. The molecule has 0 heterocycles. The lowest BCUT2D eigenvalue weighted by Gasteiger charge is -2.01. The van der Waals surface area contributed by atoms with Crippen LogP contribution in [0.5, 0.6) is 0 Å². The van der Waals surface area contributed by atoms with Crippen LogP contribution >= 0.6 is 11.6 Å². The molecule has 0 atom stereocenters. The van der Waals surface area contributed by atoms with Crippen molar-refractivity contribution in [3.8, 4) is 0 Å². The van der Waals surface area contributed by atoms with Gasteiger partial charge >= 0.3 is 0 Å². The predicted molar refractivity (Wildman–Crippen MR) is 54.9 cm³/mol. The second kappa shape index (κ2) is 5.84. The lowest BCUT2D eigenvalue weighted by atomic mass is 10.5. The van der Waals surface area contributed by atoms with Crippen LogP contribution in [0.3, 0.4) is 0 Å². The highest BCUT2D eigenvalue weighted by molar-refractivity contribution is 6.32. The molecule has 0 N–H and O–H groups in total. The minimum atomic E-state index is 0.720. The molecule has 12 heavy (non-hydrogen) atoms. The quantitative estimate of drug-likeness (QED) is 0.369. The van der Waals surface area contributed by atoms with Crippen molar-refractivity contribution in [2.45, 2.75) is 0 Å². The Balaban J connectivity index is 4.12. The van der Waals surface area contributed by atoms with Gasteiger partial charge in [0, 0.05) is 25.2 Å². The molecule has 0 aliphatic heterocycles. The summed E-state index contributed by atoms with van der Waals surface area (Å²) in [6, 6.07) is 0. The minimum absolute atomic E-state index is 0.720. The molecule has 0 unspecified atom stereocenters. The normalized spacial score (nSPS) is 11.9. The molecule has 0 bridgehead atoms. The molecule has 0 fully saturated rings. The number of rotatable bonds is 3. The van der Waals surface area contributed by atoms with Crippen LogP contribution in [-0.4, -0.2) is 43.9 Å². The van der Waals surface area contributed by atoms with Gasteiger partial charge in [-0.25, -0.2) is 4.58 Å². The number of halogens is 1. The van der Waals surface area contributed by atoms with E-state index in [1.165, 1.54) is 0 Å². The molecule has 0 aromatic heterocycles. The fraction of sp³-hybridized carbons (Fsp3) is 0.444. The van der Waals surface area contributed by atoms with Gasteiger partial charge in [-0.1, -0.05) is 11.6 Å². The van der Waals surface area contributed by atoms with E-state index in [4.69, 9.17) is 11.6 Å². The smallest absolute Gasteiger partial charge is 0.164 e. The van der Waals surface area contributed by atoms with Crippen LogP contribution in [0.25, 0.3) is 0 Å². The number of allylic oxidation sites excluding steroid dienone is 3. The zero-order valence-electron chi connectivity index (χ0n) is 8.08. The van der Waals surface area contributed by atoms with Gasteiger partial charge in [0.25, 0.3) is 0 Å². The summed E-state index contributed by atoms with van der Waals surface area (Å²) in [5, 5.41) is 0.720. The lowest BCUT2D eigenvalue weighted by molar-refractivity contribution is -0.458. The van der Waals surface area contributed by atoms with Gasteiger partial charge in [-0.05, 0) is 12.3 Å². The zero-order valence-corrected chi connectivity index (χ0v) is 8.84. The molecule has 0 aliphatic carbocycles. The Morgan fingerprint density at radius 1 is 1.33 bits per heavy atom. The van der Waals surface area contributed by atoms with Crippen molar-refractivity contribution in [1.29, 1.82) is 0 Å². The molecule has 0 spiro atoms. The van der Waals surface area contributed by atoms with E-state index < -0.39 is 0 Å². The van der Waals surface area contributed by atoms with Crippen molar-refractivity contribution >= 4 is 17.8 Å². The zero-order chi connectivity index (χ0) is 9.56. The molecule has 0 aromatic rings. The third-order valence-electron chi connectivity index (χ3n) is 1.06. The Morgan fingerprint density at radius 3 is 2.33 bits per heavy atom. The van der Waals surface area contributed by atoms with Crippen molar-refractivity contribution in [3.63, 3.8) is 0 Å². The first-order valence-electron chi connectivity index (χ1n) is 3.74. The Labute approximate surface area is 79.4 Å². The van der Waals surface area contributed by atoms with Crippen molar-refractivity contribution < 1.29 is 4.58 Å². The monoisotopic (exact) mass is 187 g/mol. The van der Waals surface area contributed by atoms with Crippen LogP contribution in [0, 0.1) is 0 Å². The molecule has 0 saturated heterocycles. The number of hydrogen-bond donors (Lipinski definition) is 0. The van der Waals surface area contributed by atoms with Crippen LogP contribution in [0.4, 0.5) is 0 Å². The van der Waals surface area contributed by atoms with Crippen molar-refractivity contribution in [3.05, 3.63) is 23.4 Å². The molecule has 0 radical (unpaired) electrons. The van der Waals surface area contributed by atoms with Crippen LogP contribution in [0.15, 0.2) is 23.4 Å². The second-order valence-corrected chi connectivity index (χ2v) is 3.38. The van der Waals surface area contributed by atoms with Gasteiger partial charge in [0.1, 0.15) is 14.1 Å². The van der Waals surface area contributed by atoms with Crippen LogP contribution in [0.2, 0.25) is 0 Å². The van der Waals surface area contributed by atoms with Crippen molar-refractivity contribution in [2.24, 2.45) is 0 Å². The van der Waals surface area contributed by atoms with Crippen molar-refractivity contribution in [1.82, 2.24) is 4.90 Å². The highest BCUT2D eigenvalue weighted by atomic mass is 35.5. The maximum Gasteiger partial charge on any atom is 0.164 e. The van der Waals surface area contributed by atoms with Gasteiger partial charge in [-0.3, -0.25) is 0 Å². The average molecular weight is 188 g/mol. The van der Waals surface area contributed by atoms with Crippen molar-refractivity contribution in [2.75, 3.05) is 28.2 Å². The van der Waals surface area contributed by atoms with E-state index in [9.17, 15) is 0 Å². The molecule has 0 saturated carbocycles. The van der Waals surface area contributed by atoms with Gasteiger partial charge in [0.05, 0.1) is 0 Å². The van der Waals surface area contributed by atoms with Gasteiger partial charge in [0.2, 0.25) is 0 Å². The summed E-state index contributed by atoms with van der Waals surface area (Å²) < 4.78 is 1.94. The van der Waals surface area contributed by atoms with Gasteiger partial charge in [-0.2, -0.15) is 0 Å². The van der Waals surface area contributed by atoms with Gasteiger partial charge < -0.3 is 4.90 Å². The van der Waals surface area contributed by atoms with Crippen LogP contribution in [0.1, 0.15) is 0 Å². The summed E-state index contributed by atoms with van der Waals surface area (Å²) in [5.74, 6) is 0. The first-order valence-corrected chi connectivity index (χ1v) is 4.12. The van der Waals surface area contributed by atoms with E-state index in [1.807, 2.05) is 62.2 Å². The topological polar surface area (TPSA) is 6.25 Å². The minimum Gasteiger partial charge on any atom is -0.383 e. The van der Waals surface area contributed by atoms with E-state index >= 15 is 0 Å².